The smallest absolute Gasteiger partial charge is 0.451 e. The quantitative estimate of drug-likeness (QED) is 0.400. The van der Waals surface area contributed by atoms with Gasteiger partial charge < -0.3 is 19.4 Å². The number of benzene rings is 1. The Bertz CT molecular complexity index is 1340. The number of amides is 1. The predicted octanol–water partition coefficient (Wildman–Crippen LogP) is 1.98. The van der Waals surface area contributed by atoms with Crippen LogP contribution in [0.4, 0.5) is 13.2 Å². The summed E-state index contributed by atoms with van der Waals surface area (Å²) in [5, 5.41) is 12.1. The van der Waals surface area contributed by atoms with Crippen LogP contribution in [0.5, 0.6) is 11.5 Å². The van der Waals surface area contributed by atoms with Crippen molar-refractivity contribution >= 4 is 5.91 Å². The minimum atomic E-state index is -4.72. The van der Waals surface area contributed by atoms with E-state index in [4.69, 9.17) is 9.47 Å². The lowest BCUT2D eigenvalue weighted by molar-refractivity contribution is -0.144. The second-order valence-corrected chi connectivity index (χ2v) is 7.33. The number of ether oxygens (including phenoxy) is 2. The van der Waals surface area contributed by atoms with E-state index in [-0.39, 0.29) is 11.6 Å². The molecule has 0 fully saturated rings. The van der Waals surface area contributed by atoms with Gasteiger partial charge in [0.1, 0.15) is 29.2 Å². The summed E-state index contributed by atoms with van der Waals surface area (Å²) in [7, 11) is 4.76. The molecular weight excluding hydrogens is 471 g/mol. The Labute approximate surface area is 196 Å². The van der Waals surface area contributed by atoms with Crippen molar-refractivity contribution in [2.45, 2.75) is 19.1 Å². The molecule has 0 radical (unpaired) electrons. The Morgan fingerprint density at radius 1 is 1.14 bits per heavy atom. The number of carbonyl (C=O) groups is 1. The normalized spacial score (nSPS) is 12.4. The number of carbonyl (C=O) groups excluding carboxylic acids is 1. The van der Waals surface area contributed by atoms with Crippen molar-refractivity contribution in [1.29, 1.82) is 0 Å². The molecule has 0 aliphatic rings. The third-order valence-electron chi connectivity index (χ3n) is 5.00. The molecule has 0 aliphatic carbocycles. The van der Waals surface area contributed by atoms with E-state index in [2.05, 4.69) is 30.5 Å². The summed E-state index contributed by atoms with van der Waals surface area (Å²) in [5.74, 6) is -1.10. The Kier molecular flexibility index (Phi) is 6.15. The minimum absolute atomic E-state index is 0.111. The van der Waals surface area contributed by atoms with Gasteiger partial charge in [0.2, 0.25) is 11.6 Å². The van der Waals surface area contributed by atoms with Crippen LogP contribution >= 0.6 is 0 Å². The second-order valence-electron chi connectivity index (χ2n) is 7.33. The zero-order valence-electron chi connectivity index (χ0n) is 19.0. The minimum Gasteiger partial charge on any atom is -0.497 e. The summed E-state index contributed by atoms with van der Waals surface area (Å²) in [6.07, 6.45) is -1.43. The third kappa shape index (κ3) is 4.78. The van der Waals surface area contributed by atoms with Gasteiger partial charge in [0.05, 0.1) is 14.2 Å². The van der Waals surface area contributed by atoms with Crippen LogP contribution in [0.3, 0.4) is 0 Å². The first-order valence-electron chi connectivity index (χ1n) is 10.1. The zero-order valence-corrected chi connectivity index (χ0v) is 19.0. The summed E-state index contributed by atoms with van der Waals surface area (Å²) in [6.45, 7) is 1.45. The first-order valence-corrected chi connectivity index (χ1v) is 10.1. The maximum atomic E-state index is 13.1. The molecule has 15 heteroatoms. The highest BCUT2D eigenvalue weighted by atomic mass is 19.4. The van der Waals surface area contributed by atoms with E-state index >= 15 is 0 Å². The maximum absolute atomic E-state index is 13.1. The molecule has 4 rings (SSSR count). The lowest BCUT2D eigenvalue weighted by atomic mass is 10.0. The number of aromatic amines is 1. The van der Waals surface area contributed by atoms with E-state index in [0.29, 0.717) is 22.9 Å². The number of hydrogen-bond donors (Lipinski definition) is 2. The van der Waals surface area contributed by atoms with Gasteiger partial charge in [0, 0.05) is 25.5 Å². The molecule has 0 saturated heterocycles. The van der Waals surface area contributed by atoms with E-state index in [1.165, 1.54) is 21.1 Å². The van der Waals surface area contributed by atoms with E-state index in [0.717, 1.165) is 4.68 Å². The summed E-state index contributed by atoms with van der Waals surface area (Å²) in [4.78, 5) is 24.9. The number of aromatic nitrogens is 8. The van der Waals surface area contributed by atoms with E-state index in [9.17, 15) is 18.0 Å². The Morgan fingerprint density at radius 3 is 2.37 bits per heavy atom. The molecule has 1 atom stereocenters. The topological polar surface area (TPSA) is 138 Å². The van der Waals surface area contributed by atoms with Crippen LogP contribution in [-0.4, -0.2) is 59.6 Å². The summed E-state index contributed by atoms with van der Waals surface area (Å²) >= 11 is 0. The van der Waals surface area contributed by atoms with Crippen LogP contribution in [0.1, 0.15) is 39.7 Å². The number of aryl methyl sites for hydroxylation is 2. The first kappa shape index (κ1) is 23.7. The highest BCUT2D eigenvalue weighted by Gasteiger charge is 2.36. The van der Waals surface area contributed by atoms with Crippen LogP contribution in [-0.2, 0) is 13.2 Å². The van der Waals surface area contributed by atoms with Gasteiger partial charge in [-0.05, 0) is 24.6 Å². The van der Waals surface area contributed by atoms with Gasteiger partial charge in [-0.15, -0.1) is 10.2 Å². The summed E-state index contributed by atoms with van der Waals surface area (Å²) < 4.78 is 51.9. The number of nitrogens with zero attached hydrogens (tertiary/aromatic N) is 7. The number of H-pyrrole nitrogens is 1. The van der Waals surface area contributed by atoms with E-state index in [1.807, 2.05) is 0 Å². The molecule has 0 saturated carbocycles. The van der Waals surface area contributed by atoms with Gasteiger partial charge in [-0.3, -0.25) is 9.89 Å². The molecule has 3 aromatic heterocycles. The zero-order chi connectivity index (χ0) is 25.3. The Balaban J connectivity index is 1.68. The number of imidazole rings is 1. The molecule has 0 aliphatic heterocycles. The fourth-order valence-corrected chi connectivity index (χ4v) is 3.29. The molecule has 12 nitrogen and oxygen atoms in total. The first-order chi connectivity index (χ1) is 16.6. The van der Waals surface area contributed by atoms with Gasteiger partial charge in [-0.1, -0.05) is 0 Å². The average molecular weight is 491 g/mol. The largest absolute Gasteiger partial charge is 0.497 e. The molecule has 0 unspecified atom stereocenters. The highest BCUT2D eigenvalue weighted by Crippen LogP contribution is 2.30. The van der Waals surface area contributed by atoms with Crippen molar-refractivity contribution in [3.63, 3.8) is 0 Å². The van der Waals surface area contributed by atoms with Gasteiger partial charge in [0.15, 0.2) is 0 Å². The maximum Gasteiger partial charge on any atom is 0.451 e. The lowest BCUT2D eigenvalue weighted by Gasteiger charge is -2.20. The van der Waals surface area contributed by atoms with Crippen LogP contribution in [0.25, 0.3) is 5.95 Å². The second kappa shape index (κ2) is 9.08. The standard InChI is InChI=1S/C20H20F3N9O3/c1-10-25-15(30-32(10)19-27-18(28-29-19)20(21,22)23)17(33)26-14(16-24-5-6-31(16)2)11-7-12(34-3)9-13(8-11)35-4/h5-9,14H,1-4H3,(H,26,33)(H,27,28,29)/t14-/m0/s1. The number of halogens is 3. The van der Waals surface area contributed by atoms with Crippen LogP contribution in [0.2, 0.25) is 0 Å². The summed E-state index contributed by atoms with van der Waals surface area (Å²) in [5.41, 5.74) is 0.601. The number of methoxy groups -OCH3 is 2. The van der Waals surface area contributed by atoms with Crippen molar-refractivity contribution in [1.82, 2.24) is 44.8 Å². The molecule has 0 spiro atoms. The molecular formula is C20H20F3N9O3. The number of hydrogen-bond acceptors (Lipinski definition) is 8. The monoisotopic (exact) mass is 491 g/mol. The average Bonchev–Trinajstić information content (AvgIpc) is 3.56. The molecule has 184 valence electrons. The highest BCUT2D eigenvalue weighted by molar-refractivity contribution is 5.91. The van der Waals surface area contributed by atoms with E-state index < -0.39 is 29.9 Å². The number of alkyl halides is 3. The van der Waals surface area contributed by atoms with Gasteiger partial charge in [0.25, 0.3) is 11.9 Å². The third-order valence-corrected chi connectivity index (χ3v) is 5.00. The van der Waals surface area contributed by atoms with Crippen LogP contribution < -0.4 is 14.8 Å². The fourth-order valence-electron chi connectivity index (χ4n) is 3.29. The number of rotatable bonds is 7. The van der Waals surface area contributed by atoms with Gasteiger partial charge in [-0.25, -0.2) is 9.97 Å². The molecule has 35 heavy (non-hydrogen) atoms. The molecule has 2 N–H and O–H groups in total. The molecule has 1 amide bonds. The van der Waals surface area contributed by atoms with Crippen molar-refractivity contribution in [3.05, 3.63) is 59.5 Å². The van der Waals surface area contributed by atoms with Crippen LogP contribution in [0, 0.1) is 6.92 Å². The lowest BCUT2D eigenvalue weighted by Crippen LogP contribution is -2.32. The van der Waals surface area contributed by atoms with Crippen molar-refractivity contribution < 1.29 is 27.4 Å². The van der Waals surface area contributed by atoms with E-state index in [1.54, 1.807) is 47.3 Å². The Morgan fingerprint density at radius 2 is 1.83 bits per heavy atom. The van der Waals surface area contributed by atoms with Gasteiger partial charge >= 0.3 is 6.18 Å². The Hall–Kier alpha value is -4.43. The van der Waals surface area contributed by atoms with Crippen molar-refractivity contribution in [2.75, 3.05) is 14.2 Å². The number of nitrogens with one attached hydrogen (secondary N) is 2. The van der Waals surface area contributed by atoms with Gasteiger partial charge in [-0.2, -0.15) is 22.8 Å². The fraction of sp³-hybridized carbons (Fsp3) is 0.300. The summed E-state index contributed by atoms with van der Waals surface area (Å²) in [6, 6.07) is 4.34. The molecule has 3 heterocycles. The molecule has 1 aromatic carbocycles. The molecule has 0 bridgehead atoms. The SMILES string of the molecule is COc1cc(OC)cc([C@H](NC(=O)c2nc(C)n(-c3n[nH]c(C(F)(F)F)n3)n2)c2nccn2C)c1. The van der Waals surface area contributed by atoms with Crippen LogP contribution in [0.15, 0.2) is 30.6 Å². The van der Waals surface area contributed by atoms with Crippen molar-refractivity contribution in [2.24, 2.45) is 7.05 Å². The molecule has 4 aromatic rings. The predicted molar refractivity (Wildman–Crippen MR) is 113 cm³/mol. The van der Waals surface area contributed by atoms with Crippen molar-refractivity contribution in [3.8, 4) is 17.4 Å².